The molecule has 0 radical (unpaired) electrons. The minimum atomic E-state index is -0.757. The molecule has 0 aromatic heterocycles. The molecule has 4 heteroatoms. The highest BCUT2D eigenvalue weighted by atomic mass is 16.5. The largest absolute Gasteiger partial charge is 0.450 e. The standard InChI is InChI=1S/C5H11NO3.2C4H10.2C2H6/c6-5(8)9-4-2-1-3-7;2*1-3-4-2;2*1-2/h7H,1-4H2,(H2,6,8);2*3-4H2,1-2H3;2*1-2H3. The summed E-state index contributed by atoms with van der Waals surface area (Å²) < 4.78 is 4.37. The van der Waals surface area contributed by atoms with Gasteiger partial charge in [0, 0.05) is 6.61 Å². The third-order valence-electron chi connectivity index (χ3n) is 1.80. The maximum atomic E-state index is 9.90. The van der Waals surface area contributed by atoms with Crippen LogP contribution in [0.4, 0.5) is 4.79 Å². The lowest BCUT2D eigenvalue weighted by molar-refractivity contribution is 0.151. The Morgan fingerprint density at radius 2 is 1.19 bits per heavy atom. The summed E-state index contributed by atoms with van der Waals surface area (Å²) >= 11 is 0. The van der Waals surface area contributed by atoms with Crippen molar-refractivity contribution in [3.8, 4) is 0 Å². The molecule has 0 bridgehead atoms. The van der Waals surface area contributed by atoms with E-state index in [1.807, 2.05) is 27.7 Å². The van der Waals surface area contributed by atoms with Crippen molar-refractivity contribution in [1.29, 1.82) is 0 Å². The molecule has 0 aromatic rings. The average Bonchev–Trinajstić information content (AvgIpc) is 2.55. The molecule has 0 unspecified atom stereocenters. The number of primary amides is 1. The maximum Gasteiger partial charge on any atom is 0.404 e. The number of carbonyl (C=O) groups excluding carboxylic acids is 1. The summed E-state index contributed by atoms with van der Waals surface area (Å²) in [7, 11) is 0. The fourth-order valence-corrected chi connectivity index (χ4v) is 0.387. The number of unbranched alkanes of at least 4 members (excludes halogenated alkanes) is 3. The summed E-state index contributed by atoms with van der Waals surface area (Å²) in [5.74, 6) is 0. The van der Waals surface area contributed by atoms with E-state index in [0.29, 0.717) is 19.4 Å². The zero-order valence-electron chi connectivity index (χ0n) is 16.0. The molecule has 0 atom stereocenters. The number of hydrogen-bond acceptors (Lipinski definition) is 3. The minimum absolute atomic E-state index is 0.127. The van der Waals surface area contributed by atoms with Crippen molar-refractivity contribution in [2.75, 3.05) is 13.2 Å². The van der Waals surface area contributed by atoms with Crippen molar-refractivity contribution in [3.63, 3.8) is 0 Å². The number of ether oxygens (including phenoxy) is 1. The second-order valence-electron chi connectivity index (χ2n) is 3.60. The molecule has 0 fully saturated rings. The Hall–Kier alpha value is -0.770. The molecule has 0 saturated heterocycles. The van der Waals surface area contributed by atoms with Gasteiger partial charge in [-0.1, -0.05) is 81.1 Å². The molecule has 0 aliphatic rings. The Bertz CT molecular complexity index is 123. The molecular formula is C17H43NO3. The van der Waals surface area contributed by atoms with Gasteiger partial charge in [-0.3, -0.25) is 0 Å². The van der Waals surface area contributed by atoms with Gasteiger partial charge in [0.15, 0.2) is 0 Å². The van der Waals surface area contributed by atoms with E-state index in [-0.39, 0.29) is 6.61 Å². The van der Waals surface area contributed by atoms with Gasteiger partial charge in [0.2, 0.25) is 0 Å². The van der Waals surface area contributed by atoms with Crippen molar-refractivity contribution in [1.82, 2.24) is 0 Å². The van der Waals surface area contributed by atoms with Crippen LogP contribution in [0.15, 0.2) is 0 Å². The quantitative estimate of drug-likeness (QED) is 0.634. The monoisotopic (exact) mass is 309 g/mol. The fourth-order valence-electron chi connectivity index (χ4n) is 0.387. The van der Waals surface area contributed by atoms with Crippen molar-refractivity contribution in [2.45, 2.75) is 93.9 Å². The van der Waals surface area contributed by atoms with Crippen LogP contribution in [-0.2, 0) is 4.74 Å². The molecule has 0 spiro atoms. The molecule has 3 N–H and O–H groups in total. The second kappa shape index (κ2) is 50.7. The number of hydrogen-bond donors (Lipinski definition) is 2. The van der Waals surface area contributed by atoms with Gasteiger partial charge in [-0.2, -0.15) is 0 Å². The van der Waals surface area contributed by atoms with Gasteiger partial charge < -0.3 is 15.6 Å². The highest BCUT2D eigenvalue weighted by Crippen LogP contribution is 1.87. The molecule has 4 nitrogen and oxygen atoms in total. The molecule has 21 heavy (non-hydrogen) atoms. The topological polar surface area (TPSA) is 72.6 Å². The third kappa shape index (κ3) is 109. The first-order valence-electron chi connectivity index (χ1n) is 8.63. The third-order valence-corrected chi connectivity index (χ3v) is 1.80. The van der Waals surface area contributed by atoms with Crippen molar-refractivity contribution < 1.29 is 14.6 Å². The summed E-state index contributed by atoms with van der Waals surface area (Å²) in [5.41, 5.74) is 4.65. The smallest absolute Gasteiger partial charge is 0.404 e. The normalized spacial score (nSPS) is 7.29. The van der Waals surface area contributed by atoms with Crippen molar-refractivity contribution >= 4 is 6.09 Å². The summed E-state index contributed by atoms with van der Waals surface area (Å²) in [6.07, 6.45) is 5.83. The first-order valence-corrected chi connectivity index (χ1v) is 8.63. The van der Waals surface area contributed by atoms with Gasteiger partial charge >= 0.3 is 6.09 Å². The maximum absolute atomic E-state index is 9.90. The van der Waals surface area contributed by atoms with Gasteiger partial charge in [0.05, 0.1) is 6.61 Å². The first kappa shape index (κ1) is 32.3. The van der Waals surface area contributed by atoms with E-state index in [4.69, 9.17) is 5.11 Å². The molecule has 0 aliphatic carbocycles. The SMILES string of the molecule is CC.CC.CCCC.CCCC.NC(=O)OCCCCO. The number of amides is 1. The predicted molar refractivity (Wildman–Crippen MR) is 95.7 cm³/mol. The van der Waals surface area contributed by atoms with Gasteiger partial charge in [-0.05, 0) is 12.8 Å². The van der Waals surface area contributed by atoms with Crippen LogP contribution in [0.2, 0.25) is 0 Å². The zero-order valence-corrected chi connectivity index (χ0v) is 16.0. The highest BCUT2D eigenvalue weighted by molar-refractivity contribution is 5.64. The molecule has 0 heterocycles. The first-order chi connectivity index (χ1) is 10.1. The van der Waals surface area contributed by atoms with Crippen LogP contribution < -0.4 is 5.73 Å². The molecule has 0 aromatic carbocycles. The molecule has 134 valence electrons. The molecule has 0 aliphatic heterocycles. The molecular weight excluding hydrogens is 266 g/mol. The van der Waals surface area contributed by atoms with E-state index < -0.39 is 6.09 Å². The van der Waals surface area contributed by atoms with Crippen LogP contribution in [0, 0.1) is 0 Å². The summed E-state index contributed by atoms with van der Waals surface area (Å²) in [4.78, 5) is 9.90. The zero-order chi connectivity index (χ0) is 17.9. The van der Waals surface area contributed by atoms with Gasteiger partial charge in [0.1, 0.15) is 0 Å². The number of aliphatic hydroxyl groups is 1. The van der Waals surface area contributed by atoms with Crippen LogP contribution in [0.5, 0.6) is 0 Å². The van der Waals surface area contributed by atoms with Crippen LogP contribution in [0.25, 0.3) is 0 Å². The van der Waals surface area contributed by atoms with Crippen molar-refractivity contribution in [2.24, 2.45) is 5.73 Å². The average molecular weight is 310 g/mol. The van der Waals surface area contributed by atoms with E-state index in [1.54, 1.807) is 0 Å². The number of nitrogens with two attached hydrogens (primary N) is 1. The lowest BCUT2D eigenvalue weighted by Crippen LogP contribution is -2.13. The van der Waals surface area contributed by atoms with Crippen LogP contribution in [0.1, 0.15) is 93.9 Å². The Balaban J connectivity index is -0.0000000600. The number of rotatable bonds is 6. The number of aliphatic hydroxyl groups excluding tert-OH is 1. The lowest BCUT2D eigenvalue weighted by Gasteiger charge is -1.97. The summed E-state index contributed by atoms with van der Waals surface area (Å²) in [6, 6.07) is 0. The Kier molecular flexibility index (Phi) is 77.8. The van der Waals surface area contributed by atoms with Crippen LogP contribution in [0.3, 0.4) is 0 Å². The van der Waals surface area contributed by atoms with E-state index >= 15 is 0 Å². The van der Waals surface area contributed by atoms with E-state index in [2.05, 4.69) is 38.2 Å². The van der Waals surface area contributed by atoms with E-state index in [9.17, 15) is 4.79 Å². The molecule has 0 saturated carbocycles. The van der Waals surface area contributed by atoms with E-state index in [0.717, 1.165) is 0 Å². The predicted octanol–water partition coefficient (Wildman–Crippen LogP) is 5.52. The van der Waals surface area contributed by atoms with Gasteiger partial charge in [0.25, 0.3) is 0 Å². The Labute approximate surface area is 134 Å². The number of carbonyl (C=O) groups is 1. The molecule has 0 rings (SSSR count). The highest BCUT2D eigenvalue weighted by Gasteiger charge is 1.90. The molecule has 1 amide bonds. The van der Waals surface area contributed by atoms with Gasteiger partial charge in [-0.15, -0.1) is 0 Å². The van der Waals surface area contributed by atoms with E-state index in [1.165, 1.54) is 25.7 Å². The Morgan fingerprint density at radius 1 is 0.857 bits per heavy atom. The van der Waals surface area contributed by atoms with Crippen molar-refractivity contribution in [3.05, 3.63) is 0 Å². The van der Waals surface area contributed by atoms with Crippen LogP contribution in [-0.4, -0.2) is 24.4 Å². The lowest BCUT2D eigenvalue weighted by atomic mass is 10.3. The van der Waals surface area contributed by atoms with Gasteiger partial charge in [-0.25, -0.2) is 4.79 Å². The summed E-state index contributed by atoms with van der Waals surface area (Å²) in [6.45, 7) is 17.2. The Morgan fingerprint density at radius 3 is 1.38 bits per heavy atom. The fraction of sp³-hybridized carbons (Fsp3) is 0.941. The minimum Gasteiger partial charge on any atom is -0.450 e. The second-order valence-corrected chi connectivity index (χ2v) is 3.60. The summed E-state index contributed by atoms with van der Waals surface area (Å²) in [5, 5.41) is 8.26. The van der Waals surface area contributed by atoms with Crippen LogP contribution >= 0.6 is 0 Å².